The van der Waals surface area contributed by atoms with Crippen LogP contribution < -0.4 is 16.0 Å². The molecule has 0 radical (unpaired) electrons. The van der Waals surface area contributed by atoms with Gasteiger partial charge in [-0.2, -0.15) is 0 Å². The SMILES string of the molecule is COc1ccc(Cn2c(Cl)cc(=O)n(Cc3ccc(C4C[O+]4C)cc3)c2=O)cc1. The van der Waals surface area contributed by atoms with E-state index in [4.69, 9.17) is 16.3 Å². The highest BCUT2D eigenvalue weighted by Gasteiger charge is 2.41. The Balaban J connectivity index is 1.60. The Morgan fingerprint density at radius 2 is 1.55 bits per heavy atom. The maximum atomic E-state index is 13.0. The Morgan fingerprint density at radius 1 is 1.00 bits per heavy atom. The minimum Gasteiger partial charge on any atom is -0.497 e. The van der Waals surface area contributed by atoms with Crippen LogP contribution in [-0.2, 0) is 17.5 Å². The van der Waals surface area contributed by atoms with E-state index >= 15 is 0 Å². The second-order valence-electron chi connectivity index (χ2n) is 7.20. The molecule has 1 saturated heterocycles. The fourth-order valence-electron chi connectivity index (χ4n) is 3.34. The first kappa shape index (κ1) is 19.5. The fraction of sp³-hybridized carbons (Fsp3) is 0.273. The molecule has 2 aromatic carbocycles. The number of hydrogen-bond acceptors (Lipinski definition) is 3. The highest BCUT2D eigenvalue weighted by atomic mass is 35.5. The lowest BCUT2D eigenvalue weighted by molar-refractivity contribution is 0.109. The van der Waals surface area contributed by atoms with Gasteiger partial charge in [-0.05, 0) is 23.3 Å². The lowest BCUT2D eigenvalue weighted by Crippen LogP contribution is -2.40. The summed E-state index contributed by atoms with van der Waals surface area (Å²) in [5, 5.41) is 0.121. The zero-order chi connectivity index (χ0) is 20.5. The molecule has 0 spiro atoms. The van der Waals surface area contributed by atoms with Crippen molar-refractivity contribution in [2.24, 2.45) is 0 Å². The van der Waals surface area contributed by atoms with Crippen LogP contribution in [0, 0.1) is 0 Å². The van der Waals surface area contributed by atoms with Gasteiger partial charge in [-0.3, -0.25) is 13.9 Å². The zero-order valence-corrected chi connectivity index (χ0v) is 17.1. The second-order valence-corrected chi connectivity index (χ2v) is 7.58. The van der Waals surface area contributed by atoms with E-state index < -0.39 is 11.2 Å². The maximum absolute atomic E-state index is 13.0. The van der Waals surface area contributed by atoms with Gasteiger partial charge in [0, 0.05) is 11.6 Å². The van der Waals surface area contributed by atoms with Crippen molar-refractivity contribution in [2.45, 2.75) is 19.2 Å². The highest BCUT2D eigenvalue weighted by Crippen LogP contribution is 2.37. The molecule has 3 aromatic rings. The fourth-order valence-corrected chi connectivity index (χ4v) is 3.56. The van der Waals surface area contributed by atoms with Gasteiger partial charge in [0.1, 0.15) is 18.0 Å². The molecule has 4 rings (SSSR count). The Kier molecular flexibility index (Phi) is 5.30. The number of aromatic nitrogens is 2. The van der Waals surface area contributed by atoms with Crippen molar-refractivity contribution in [1.29, 1.82) is 0 Å². The number of nitrogens with zero attached hydrogens (tertiary/aromatic N) is 2. The third-order valence-electron chi connectivity index (χ3n) is 5.20. The summed E-state index contributed by atoms with van der Waals surface area (Å²) in [6.07, 6.45) is 0.393. The number of epoxide rings is 1. The number of ether oxygens (including phenoxy) is 1. The third kappa shape index (κ3) is 4.13. The lowest BCUT2D eigenvalue weighted by Gasteiger charge is -2.13. The molecule has 1 aliphatic heterocycles. The Labute approximate surface area is 173 Å². The van der Waals surface area contributed by atoms with E-state index in [0.29, 0.717) is 6.10 Å². The number of halogens is 1. The molecule has 2 heterocycles. The van der Waals surface area contributed by atoms with E-state index in [0.717, 1.165) is 23.5 Å². The summed E-state index contributed by atoms with van der Waals surface area (Å²) in [5.74, 6) is 0.733. The van der Waals surface area contributed by atoms with Gasteiger partial charge in [-0.15, -0.1) is 0 Å². The van der Waals surface area contributed by atoms with Gasteiger partial charge in [-0.1, -0.05) is 48.0 Å². The molecular formula is C22H22ClN2O4+. The van der Waals surface area contributed by atoms with E-state index in [-0.39, 0.29) is 18.2 Å². The van der Waals surface area contributed by atoms with Crippen LogP contribution in [0.2, 0.25) is 5.15 Å². The molecule has 0 amide bonds. The molecule has 150 valence electrons. The van der Waals surface area contributed by atoms with E-state index in [1.165, 1.54) is 20.8 Å². The summed E-state index contributed by atoms with van der Waals surface area (Å²) in [7, 11) is 3.59. The highest BCUT2D eigenvalue weighted by molar-refractivity contribution is 6.29. The van der Waals surface area contributed by atoms with Crippen LogP contribution in [0.15, 0.2) is 64.2 Å². The first-order valence-electron chi connectivity index (χ1n) is 9.29. The standard InChI is InChI=1S/C22H22ClN2O4/c1-28-18-9-5-16(6-10-18)12-24-20(23)11-21(26)25(22(24)27)13-15-3-7-17(8-4-15)19-14-29(19)2/h3-11,19H,12-14H2,1-2H3/q+1. The summed E-state index contributed by atoms with van der Waals surface area (Å²) < 4.78 is 10.8. The quantitative estimate of drug-likeness (QED) is 0.354. The summed E-state index contributed by atoms with van der Waals surface area (Å²) in [6, 6.07) is 16.6. The van der Waals surface area contributed by atoms with Crippen molar-refractivity contribution in [3.05, 3.63) is 97.3 Å². The van der Waals surface area contributed by atoms with Crippen LogP contribution >= 0.6 is 11.6 Å². The van der Waals surface area contributed by atoms with Crippen LogP contribution in [0.1, 0.15) is 22.8 Å². The summed E-state index contributed by atoms with van der Waals surface area (Å²) in [6.45, 7) is 1.45. The molecule has 1 unspecified atom stereocenters. The number of benzene rings is 2. The molecular weight excluding hydrogens is 392 g/mol. The first-order chi connectivity index (χ1) is 14.0. The Bertz CT molecular complexity index is 1130. The van der Waals surface area contributed by atoms with Crippen LogP contribution in [-0.4, -0.2) is 30.0 Å². The smallest absolute Gasteiger partial charge is 0.332 e. The van der Waals surface area contributed by atoms with Gasteiger partial charge in [0.05, 0.1) is 20.2 Å². The summed E-state index contributed by atoms with van der Waals surface area (Å²) >= 11 is 6.21. The predicted molar refractivity (Wildman–Crippen MR) is 112 cm³/mol. The van der Waals surface area contributed by atoms with Gasteiger partial charge in [-0.25, -0.2) is 4.79 Å². The van der Waals surface area contributed by atoms with Gasteiger partial charge >= 0.3 is 5.69 Å². The van der Waals surface area contributed by atoms with Crippen LogP contribution in [0.4, 0.5) is 0 Å². The molecule has 1 atom stereocenters. The summed E-state index contributed by atoms with van der Waals surface area (Å²) in [4.78, 5) is 25.4. The van der Waals surface area contributed by atoms with E-state index in [9.17, 15) is 9.59 Å². The minimum atomic E-state index is -0.431. The normalized spacial score (nSPS) is 16.0. The van der Waals surface area contributed by atoms with E-state index in [2.05, 4.69) is 4.37 Å². The lowest BCUT2D eigenvalue weighted by atomic mass is 10.1. The Hall–Kier alpha value is -2.83. The first-order valence-corrected chi connectivity index (χ1v) is 9.67. The molecule has 0 aliphatic carbocycles. The molecule has 0 saturated carbocycles. The molecule has 29 heavy (non-hydrogen) atoms. The molecule has 1 aliphatic rings. The maximum Gasteiger partial charge on any atom is 0.332 e. The zero-order valence-electron chi connectivity index (χ0n) is 16.3. The van der Waals surface area contributed by atoms with Crippen LogP contribution in [0.5, 0.6) is 5.75 Å². The predicted octanol–water partition coefficient (Wildman–Crippen LogP) is 3.01. The summed E-state index contributed by atoms with van der Waals surface area (Å²) in [5.41, 5.74) is 2.14. The van der Waals surface area contributed by atoms with E-state index in [1.807, 2.05) is 55.6 Å². The topological polar surface area (TPSA) is 55.9 Å². The monoisotopic (exact) mass is 413 g/mol. The average molecular weight is 414 g/mol. The minimum absolute atomic E-state index is 0.121. The molecule has 7 heteroatoms. The third-order valence-corrected chi connectivity index (χ3v) is 5.52. The number of rotatable bonds is 6. The number of methoxy groups -OCH3 is 1. The van der Waals surface area contributed by atoms with Crippen LogP contribution in [0.3, 0.4) is 0 Å². The average Bonchev–Trinajstić information content (AvgIpc) is 3.46. The van der Waals surface area contributed by atoms with Crippen molar-refractivity contribution in [1.82, 2.24) is 9.13 Å². The Morgan fingerprint density at radius 3 is 2.10 bits per heavy atom. The molecule has 0 bridgehead atoms. The van der Waals surface area contributed by atoms with Gasteiger partial charge < -0.3 is 9.10 Å². The molecule has 0 N–H and O–H groups in total. The molecule has 6 nitrogen and oxygen atoms in total. The largest absolute Gasteiger partial charge is 0.497 e. The van der Waals surface area contributed by atoms with Crippen molar-refractivity contribution in [2.75, 3.05) is 20.8 Å². The van der Waals surface area contributed by atoms with Gasteiger partial charge in [0.25, 0.3) is 11.7 Å². The molecule has 1 aromatic heterocycles. The van der Waals surface area contributed by atoms with Crippen molar-refractivity contribution in [3.8, 4) is 5.75 Å². The van der Waals surface area contributed by atoms with Gasteiger partial charge in [0.2, 0.25) is 6.61 Å². The van der Waals surface area contributed by atoms with Crippen LogP contribution in [0.25, 0.3) is 0 Å². The molecule has 1 fully saturated rings. The second kappa shape index (κ2) is 7.89. The van der Waals surface area contributed by atoms with Crippen molar-refractivity contribution < 1.29 is 9.10 Å². The van der Waals surface area contributed by atoms with Crippen molar-refractivity contribution in [3.63, 3.8) is 0 Å². The number of hydrogen-bond donors (Lipinski definition) is 0. The van der Waals surface area contributed by atoms with Crippen molar-refractivity contribution >= 4 is 11.6 Å². The van der Waals surface area contributed by atoms with E-state index in [1.54, 1.807) is 7.11 Å². The van der Waals surface area contributed by atoms with Gasteiger partial charge in [0.15, 0.2) is 0 Å².